The van der Waals surface area contributed by atoms with Crippen molar-refractivity contribution in [3.8, 4) is 11.4 Å². The van der Waals surface area contributed by atoms with Crippen LogP contribution in [-0.4, -0.2) is 94.7 Å². The van der Waals surface area contributed by atoms with Gasteiger partial charge in [0.1, 0.15) is 17.1 Å². The van der Waals surface area contributed by atoms with Gasteiger partial charge in [0.25, 0.3) is 0 Å². The molecule has 1 fully saturated rings. The number of carbonyl (C=O) groups excluding carboxylic acids is 1. The number of ether oxygens (including phenoxy) is 3. The van der Waals surface area contributed by atoms with Crippen molar-refractivity contribution in [1.82, 2.24) is 34.7 Å². The van der Waals surface area contributed by atoms with Crippen molar-refractivity contribution in [3.05, 3.63) is 42.7 Å². The molecule has 2 amide bonds. The van der Waals surface area contributed by atoms with Gasteiger partial charge in [-0.15, -0.1) is 0 Å². The number of urea groups is 1. The highest BCUT2D eigenvalue weighted by atomic mass is 19.1. The molecule has 0 radical (unpaired) electrons. The van der Waals surface area contributed by atoms with Gasteiger partial charge in [-0.1, -0.05) is 0 Å². The fourth-order valence-electron chi connectivity index (χ4n) is 4.82. The standard InChI is InChI=1S/C27H34FN7O4/c1-2-37-10-11-39-13-12-38-9-6-29-27(36)34-7-3-4-21(18-34)35-8-5-19-15-30-25(33-26(19)35)23-17-32-24-22(23)14-20(28)16-31-24/h5,8,14-17,21H,2-4,6-7,9-13,18H2,1H3,(H,29,36)(H,31,32)/t21-/m0/s1. The molecular weight excluding hydrogens is 505 g/mol. The zero-order valence-electron chi connectivity index (χ0n) is 22.1. The van der Waals surface area contributed by atoms with Crippen molar-refractivity contribution in [2.75, 3.05) is 59.3 Å². The summed E-state index contributed by atoms with van der Waals surface area (Å²) >= 11 is 0. The van der Waals surface area contributed by atoms with E-state index in [1.54, 1.807) is 12.4 Å². The van der Waals surface area contributed by atoms with Crippen molar-refractivity contribution in [1.29, 1.82) is 0 Å². The number of aromatic nitrogens is 5. The molecule has 39 heavy (non-hydrogen) atoms. The predicted octanol–water partition coefficient (Wildman–Crippen LogP) is 3.53. The number of nitrogens with zero attached hydrogens (tertiary/aromatic N) is 5. The van der Waals surface area contributed by atoms with E-state index in [9.17, 15) is 9.18 Å². The SMILES string of the molecule is CCOCCOCCOCCNC(=O)N1CCC[C@H](n2ccc3cnc(-c4c[nH]c5ncc(F)cc45)nc32)C1. The Labute approximate surface area is 225 Å². The van der Waals surface area contributed by atoms with E-state index in [-0.39, 0.29) is 12.1 Å². The van der Waals surface area contributed by atoms with Crippen LogP contribution in [-0.2, 0) is 14.2 Å². The highest BCUT2D eigenvalue weighted by Crippen LogP contribution is 2.29. The number of carbonyl (C=O) groups is 1. The molecule has 4 aromatic rings. The number of aromatic amines is 1. The molecule has 1 saturated heterocycles. The highest BCUT2D eigenvalue weighted by Gasteiger charge is 2.26. The number of rotatable bonds is 12. The van der Waals surface area contributed by atoms with Gasteiger partial charge in [-0.25, -0.2) is 24.1 Å². The molecule has 0 aliphatic carbocycles. The van der Waals surface area contributed by atoms with Crippen molar-refractivity contribution < 1.29 is 23.4 Å². The van der Waals surface area contributed by atoms with Crippen LogP contribution in [0.15, 0.2) is 36.9 Å². The van der Waals surface area contributed by atoms with Gasteiger partial charge in [0.15, 0.2) is 5.82 Å². The molecule has 5 rings (SSSR count). The van der Waals surface area contributed by atoms with E-state index < -0.39 is 5.82 Å². The summed E-state index contributed by atoms with van der Waals surface area (Å²) in [7, 11) is 0. The van der Waals surface area contributed by atoms with Crippen LogP contribution in [0.4, 0.5) is 9.18 Å². The number of fused-ring (bicyclic) bond motifs is 2. The third kappa shape index (κ3) is 6.52. The van der Waals surface area contributed by atoms with E-state index in [2.05, 4.69) is 24.8 Å². The van der Waals surface area contributed by atoms with E-state index in [4.69, 9.17) is 19.2 Å². The van der Waals surface area contributed by atoms with Crippen molar-refractivity contribution >= 4 is 28.1 Å². The van der Waals surface area contributed by atoms with Gasteiger partial charge in [0.2, 0.25) is 0 Å². The minimum absolute atomic E-state index is 0.0805. The monoisotopic (exact) mass is 539 g/mol. The Balaban J connectivity index is 1.17. The molecule has 2 N–H and O–H groups in total. The predicted molar refractivity (Wildman–Crippen MR) is 144 cm³/mol. The molecule has 0 spiro atoms. The van der Waals surface area contributed by atoms with Crippen LogP contribution in [0.25, 0.3) is 33.5 Å². The largest absolute Gasteiger partial charge is 0.379 e. The number of amides is 2. The Hall–Kier alpha value is -3.61. The number of pyridine rings is 1. The quantitative estimate of drug-likeness (QED) is 0.264. The van der Waals surface area contributed by atoms with Gasteiger partial charge in [0.05, 0.1) is 45.3 Å². The average molecular weight is 540 g/mol. The minimum atomic E-state index is -0.415. The summed E-state index contributed by atoms with van der Waals surface area (Å²) in [5.41, 5.74) is 2.05. The molecule has 4 aromatic heterocycles. The lowest BCUT2D eigenvalue weighted by Crippen LogP contribution is -2.46. The first-order chi connectivity index (χ1) is 19.1. The molecular formula is C27H34FN7O4. The van der Waals surface area contributed by atoms with Crippen molar-refractivity contribution in [3.63, 3.8) is 0 Å². The highest BCUT2D eigenvalue weighted by molar-refractivity contribution is 5.92. The maximum atomic E-state index is 13.8. The van der Waals surface area contributed by atoms with Gasteiger partial charge < -0.3 is 34.0 Å². The van der Waals surface area contributed by atoms with E-state index >= 15 is 0 Å². The molecule has 5 heterocycles. The number of hydrogen-bond donors (Lipinski definition) is 2. The average Bonchev–Trinajstić information content (AvgIpc) is 3.57. The Morgan fingerprint density at radius 2 is 1.97 bits per heavy atom. The molecule has 1 atom stereocenters. The summed E-state index contributed by atoms with van der Waals surface area (Å²) in [6, 6.07) is 3.39. The Kier molecular flexibility index (Phi) is 8.96. The van der Waals surface area contributed by atoms with Crippen LogP contribution in [0.5, 0.6) is 0 Å². The fourth-order valence-corrected chi connectivity index (χ4v) is 4.82. The summed E-state index contributed by atoms with van der Waals surface area (Å²) in [6.45, 7) is 6.87. The zero-order chi connectivity index (χ0) is 27.0. The minimum Gasteiger partial charge on any atom is -0.379 e. The first-order valence-electron chi connectivity index (χ1n) is 13.4. The third-order valence-electron chi connectivity index (χ3n) is 6.74. The van der Waals surface area contributed by atoms with E-state index in [0.29, 0.717) is 81.7 Å². The Morgan fingerprint density at radius 3 is 2.82 bits per heavy atom. The van der Waals surface area contributed by atoms with Crippen LogP contribution in [0.2, 0.25) is 0 Å². The second-order valence-electron chi connectivity index (χ2n) is 9.34. The van der Waals surface area contributed by atoms with Crippen LogP contribution in [0, 0.1) is 5.82 Å². The Bertz CT molecular complexity index is 1390. The smallest absolute Gasteiger partial charge is 0.317 e. The number of nitrogens with one attached hydrogen (secondary N) is 2. The Morgan fingerprint density at radius 1 is 1.15 bits per heavy atom. The van der Waals surface area contributed by atoms with Crippen molar-refractivity contribution in [2.24, 2.45) is 0 Å². The van der Waals surface area contributed by atoms with Crippen LogP contribution in [0.3, 0.4) is 0 Å². The number of hydrogen-bond acceptors (Lipinski definition) is 7. The molecule has 1 aliphatic heterocycles. The van der Waals surface area contributed by atoms with Gasteiger partial charge in [-0.05, 0) is 31.9 Å². The first-order valence-corrected chi connectivity index (χ1v) is 13.4. The van der Waals surface area contributed by atoms with Gasteiger partial charge in [-0.3, -0.25) is 0 Å². The van der Waals surface area contributed by atoms with Crippen molar-refractivity contribution in [2.45, 2.75) is 25.8 Å². The van der Waals surface area contributed by atoms with Crippen LogP contribution < -0.4 is 5.32 Å². The lowest BCUT2D eigenvalue weighted by atomic mass is 10.1. The number of likely N-dealkylation sites (tertiary alicyclic amines) is 1. The first kappa shape index (κ1) is 27.0. The summed E-state index contributed by atoms with van der Waals surface area (Å²) in [6.07, 6.45) is 8.52. The molecule has 11 nitrogen and oxygen atoms in total. The molecule has 1 aliphatic rings. The zero-order valence-corrected chi connectivity index (χ0v) is 22.1. The van der Waals surface area contributed by atoms with E-state index in [1.165, 1.54) is 12.3 Å². The summed E-state index contributed by atoms with van der Waals surface area (Å²) < 4.78 is 32.1. The lowest BCUT2D eigenvalue weighted by Gasteiger charge is -2.33. The van der Waals surface area contributed by atoms with E-state index in [0.717, 1.165) is 23.9 Å². The molecule has 0 bridgehead atoms. The van der Waals surface area contributed by atoms with Crippen LogP contribution in [0.1, 0.15) is 25.8 Å². The summed E-state index contributed by atoms with van der Waals surface area (Å²) in [5.74, 6) is 0.0773. The number of halogens is 1. The van der Waals surface area contributed by atoms with Crippen LogP contribution >= 0.6 is 0 Å². The summed E-state index contributed by atoms with van der Waals surface area (Å²) in [5, 5.41) is 4.49. The fraction of sp³-hybridized carbons (Fsp3) is 0.481. The van der Waals surface area contributed by atoms with Gasteiger partial charge >= 0.3 is 6.03 Å². The number of piperidine rings is 1. The second kappa shape index (κ2) is 13.0. The third-order valence-corrected chi connectivity index (χ3v) is 6.74. The lowest BCUT2D eigenvalue weighted by molar-refractivity contribution is 0.0177. The van der Waals surface area contributed by atoms with Gasteiger partial charge in [0, 0.05) is 61.2 Å². The molecule has 0 saturated carbocycles. The molecule has 0 aromatic carbocycles. The molecule has 12 heteroatoms. The molecule has 208 valence electrons. The topological polar surface area (TPSA) is 119 Å². The molecule has 0 unspecified atom stereocenters. The second-order valence-corrected chi connectivity index (χ2v) is 9.34. The maximum absolute atomic E-state index is 13.8. The van der Waals surface area contributed by atoms with E-state index in [1.807, 2.05) is 24.1 Å². The summed E-state index contributed by atoms with van der Waals surface area (Å²) in [4.78, 5) is 31.2. The normalized spacial score (nSPS) is 15.8. The van der Waals surface area contributed by atoms with Gasteiger partial charge in [-0.2, -0.15) is 0 Å². The maximum Gasteiger partial charge on any atom is 0.317 e. The number of H-pyrrole nitrogens is 1.